The van der Waals surface area contributed by atoms with Gasteiger partial charge in [0.15, 0.2) is 17.0 Å². The third kappa shape index (κ3) is 2.37. The second-order valence-electron chi connectivity index (χ2n) is 6.32. The van der Waals surface area contributed by atoms with E-state index in [0.29, 0.717) is 6.10 Å². The fourth-order valence-corrected chi connectivity index (χ4v) is 3.29. The number of hydrogen-bond acceptors (Lipinski definition) is 5. The number of fused-ring (bicyclic) bond motifs is 1. The molecule has 1 atom stereocenters. The summed E-state index contributed by atoms with van der Waals surface area (Å²) in [5.74, 6) is 0.940. The predicted molar refractivity (Wildman–Crippen MR) is 82.4 cm³/mol. The lowest BCUT2D eigenvalue weighted by molar-refractivity contribution is -0.00638. The van der Waals surface area contributed by atoms with E-state index < -0.39 is 0 Å². The molecule has 1 fully saturated rings. The summed E-state index contributed by atoms with van der Waals surface area (Å²) in [6.45, 7) is 9.30. The van der Waals surface area contributed by atoms with Crippen LogP contribution in [0.1, 0.15) is 27.2 Å². The first-order chi connectivity index (χ1) is 10.1. The Morgan fingerprint density at radius 1 is 1.33 bits per heavy atom. The molecule has 3 rings (SSSR count). The Labute approximate surface area is 125 Å². The Morgan fingerprint density at radius 3 is 2.81 bits per heavy atom. The topological polar surface area (TPSA) is 56.1 Å². The Balaban J connectivity index is 1.96. The molecule has 3 heterocycles. The van der Waals surface area contributed by atoms with E-state index in [-0.39, 0.29) is 5.41 Å². The quantitative estimate of drug-likeness (QED) is 0.866. The van der Waals surface area contributed by atoms with Crippen LogP contribution >= 0.6 is 0 Å². The van der Waals surface area contributed by atoms with E-state index in [9.17, 15) is 0 Å². The molecule has 1 aliphatic rings. The van der Waals surface area contributed by atoms with Gasteiger partial charge in [-0.05, 0) is 13.3 Å². The van der Waals surface area contributed by atoms with Gasteiger partial charge in [-0.3, -0.25) is 0 Å². The summed E-state index contributed by atoms with van der Waals surface area (Å²) in [6, 6.07) is 0. The molecule has 1 saturated heterocycles. The summed E-state index contributed by atoms with van der Waals surface area (Å²) in [4.78, 5) is 15.7. The van der Waals surface area contributed by atoms with Crippen LogP contribution < -0.4 is 4.90 Å². The van der Waals surface area contributed by atoms with Crippen molar-refractivity contribution in [3.8, 4) is 0 Å². The van der Waals surface area contributed by atoms with Crippen molar-refractivity contribution in [2.24, 2.45) is 5.41 Å². The Kier molecular flexibility index (Phi) is 3.57. The van der Waals surface area contributed by atoms with Crippen LogP contribution in [0.3, 0.4) is 0 Å². The number of rotatable bonds is 3. The normalized spacial score (nSPS) is 21.9. The van der Waals surface area contributed by atoms with Crippen molar-refractivity contribution in [2.45, 2.75) is 39.8 Å². The first kappa shape index (κ1) is 14.3. The summed E-state index contributed by atoms with van der Waals surface area (Å²) >= 11 is 0. The van der Waals surface area contributed by atoms with Gasteiger partial charge >= 0.3 is 0 Å². The van der Waals surface area contributed by atoms with E-state index in [2.05, 4.69) is 40.6 Å². The zero-order chi connectivity index (χ0) is 15.0. The summed E-state index contributed by atoms with van der Waals surface area (Å²) in [5.41, 5.74) is 1.90. The number of methoxy groups -OCH3 is 1. The third-order valence-electron chi connectivity index (χ3n) is 4.44. The lowest BCUT2D eigenvalue weighted by atomic mass is 9.81. The van der Waals surface area contributed by atoms with E-state index in [1.807, 2.05) is 10.9 Å². The van der Waals surface area contributed by atoms with Crippen LogP contribution in [-0.4, -0.2) is 45.8 Å². The average Bonchev–Trinajstić information content (AvgIpc) is 2.89. The summed E-state index contributed by atoms with van der Waals surface area (Å²) in [5, 5.41) is 0. The first-order valence-corrected chi connectivity index (χ1v) is 7.50. The van der Waals surface area contributed by atoms with Gasteiger partial charge in [-0.2, -0.15) is 0 Å². The largest absolute Gasteiger partial charge is 0.381 e. The maximum Gasteiger partial charge on any atom is 0.165 e. The number of aromatic nitrogens is 4. The summed E-state index contributed by atoms with van der Waals surface area (Å²) in [6.07, 6.45) is 4.78. The maximum atomic E-state index is 5.62. The van der Waals surface area contributed by atoms with Gasteiger partial charge in [-0.1, -0.05) is 13.8 Å². The van der Waals surface area contributed by atoms with Gasteiger partial charge in [0.25, 0.3) is 0 Å². The maximum absolute atomic E-state index is 5.62. The van der Waals surface area contributed by atoms with Gasteiger partial charge in [-0.15, -0.1) is 0 Å². The number of piperidine rings is 1. The van der Waals surface area contributed by atoms with E-state index >= 15 is 0 Å². The standard InChI is InChI=1S/C15H23N5O/c1-5-19-10-18-12-13(19)16-9-17-14(12)20-7-6-11(21-4)15(2,3)8-20/h9-11H,5-8H2,1-4H3. The number of ether oxygens (including phenoxy) is 1. The minimum absolute atomic E-state index is 0.0948. The van der Waals surface area contributed by atoms with Crippen LogP contribution in [0, 0.1) is 5.41 Å². The lowest BCUT2D eigenvalue weighted by Gasteiger charge is -2.43. The minimum Gasteiger partial charge on any atom is -0.381 e. The monoisotopic (exact) mass is 289 g/mol. The molecule has 0 aliphatic carbocycles. The highest BCUT2D eigenvalue weighted by atomic mass is 16.5. The van der Waals surface area contributed by atoms with Gasteiger partial charge in [-0.25, -0.2) is 15.0 Å². The fraction of sp³-hybridized carbons (Fsp3) is 0.667. The third-order valence-corrected chi connectivity index (χ3v) is 4.44. The second kappa shape index (κ2) is 5.26. The molecule has 0 aromatic carbocycles. The number of imidazole rings is 1. The fourth-order valence-electron chi connectivity index (χ4n) is 3.29. The molecule has 1 unspecified atom stereocenters. The van der Waals surface area contributed by atoms with Crippen molar-refractivity contribution in [1.29, 1.82) is 0 Å². The highest BCUT2D eigenvalue weighted by Crippen LogP contribution is 2.34. The highest BCUT2D eigenvalue weighted by molar-refractivity contribution is 5.83. The molecule has 0 bridgehead atoms. The van der Waals surface area contributed by atoms with Crippen molar-refractivity contribution < 1.29 is 4.74 Å². The molecule has 0 N–H and O–H groups in total. The average molecular weight is 289 g/mol. The van der Waals surface area contributed by atoms with Gasteiger partial charge in [0, 0.05) is 32.2 Å². The van der Waals surface area contributed by atoms with E-state index in [1.54, 1.807) is 13.4 Å². The van der Waals surface area contributed by atoms with Crippen LogP contribution in [0.15, 0.2) is 12.7 Å². The number of aryl methyl sites for hydroxylation is 1. The molecule has 114 valence electrons. The molecule has 21 heavy (non-hydrogen) atoms. The Morgan fingerprint density at radius 2 is 2.14 bits per heavy atom. The highest BCUT2D eigenvalue weighted by Gasteiger charge is 2.37. The first-order valence-electron chi connectivity index (χ1n) is 7.50. The summed E-state index contributed by atoms with van der Waals surface area (Å²) < 4.78 is 7.67. The van der Waals surface area contributed by atoms with Crippen molar-refractivity contribution in [2.75, 3.05) is 25.1 Å². The second-order valence-corrected chi connectivity index (χ2v) is 6.32. The van der Waals surface area contributed by atoms with Gasteiger partial charge < -0.3 is 14.2 Å². The number of nitrogens with zero attached hydrogens (tertiary/aromatic N) is 5. The molecule has 2 aromatic heterocycles. The number of hydrogen-bond donors (Lipinski definition) is 0. The molecular weight excluding hydrogens is 266 g/mol. The molecule has 0 amide bonds. The lowest BCUT2D eigenvalue weighted by Crippen LogP contribution is -2.49. The molecule has 0 radical (unpaired) electrons. The van der Waals surface area contributed by atoms with Crippen molar-refractivity contribution in [3.05, 3.63) is 12.7 Å². The van der Waals surface area contributed by atoms with Gasteiger partial charge in [0.05, 0.1) is 12.4 Å². The Bertz CT molecular complexity index is 636. The van der Waals surface area contributed by atoms with Crippen LogP contribution in [-0.2, 0) is 11.3 Å². The molecule has 0 spiro atoms. The molecular formula is C15H23N5O. The van der Waals surface area contributed by atoms with Crippen LogP contribution in [0.4, 0.5) is 5.82 Å². The molecule has 2 aromatic rings. The SMILES string of the molecule is CCn1cnc2c(N3CCC(OC)C(C)(C)C3)ncnc21. The van der Waals surface area contributed by atoms with Crippen LogP contribution in [0.25, 0.3) is 11.2 Å². The summed E-state index contributed by atoms with van der Waals surface area (Å²) in [7, 11) is 1.80. The minimum atomic E-state index is 0.0948. The zero-order valence-corrected chi connectivity index (χ0v) is 13.2. The number of anilines is 1. The molecule has 6 heteroatoms. The van der Waals surface area contributed by atoms with Crippen molar-refractivity contribution in [1.82, 2.24) is 19.5 Å². The van der Waals surface area contributed by atoms with Gasteiger partial charge in [0.2, 0.25) is 0 Å². The van der Waals surface area contributed by atoms with E-state index in [4.69, 9.17) is 4.74 Å². The van der Waals surface area contributed by atoms with Crippen LogP contribution in [0.5, 0.6) is 0 Å². The molecule has 0 saturated carbocycles. The van der Waals surface area contributed by atoms with Crippen LogP contribution in [0.2, 0.25) is 0 Å². The predicted octanol–water partition coefficient (Wildman–Crippen LogP) is 2.10. The smallest absolute Gasteiger partial charge is 0.165 e. The zero-order valence-electron chi connectivity index (χ0n) is 13.2. The van der Waals surface area contributed by atoms with E-state index in [1.165, 1.54) is 0 Å². The van der Waals surface area contributed by atoms with E-state index in [0.717, 1.165) is 43.0 Å². The molecule has 6 nitrogen and oxygen atoms in total. The van der Waals surface area contributed by atoms with Crippen molar-refractivity contribution >= 4 is 17.0 Å². The van der Waals surface area contributed by atoms with Crippen molar-refractivity contribution in [3.63, 3.8) is 0 Å². The molecule has 1 aliphatic heterocycles. The van der Waals surface area contributed by atoms with Gasteiger partial charge in [0.1, 0.15) is 6.33 Å². The Hall–Kier alpha value is -1.69.